The first kappa shape index (κ1) is 11.7. The number of aryl methyl sites for hydroxylation is 3. The second kappa shape index (κ2) is 5.04. The highest BCUT2D eigenvalue weighted by molar-refractivity contribution is 5.27. The second-order valence-electron chi connectivity index (χ2n) is 4.21. The molecule has 0 aliphatic rings. The molecule has 1 heterocycles. The van der Waals surface area contributed by atoms with Gasteiger partial charge >= 0.3 is 0 Å². The molecular formula is C14H18N2O. The van der Waals surface area contributed by atoms with Gasteiger partial charge in [-0.1, -0.05) is 12.1 Å². The molecule has 3 nitrogen and oxygen atoms in total. The summed E-state index contributed by atoms with van der Waals surface area (Å²) in [6, 6.07) is 8.22. The molecule has 17 heavy (non-hydrogen) atoms. The van der Waals surface area contributed by atoms with E-state index in [0.717, 1.165) is 24.4 Å². The third-order valence-corrected chi connectivity index (χ3v) is 3.15. The highest BCUT2D eigenvalue weighted by Crippen LogP contribution is 2.13. The van der Waals surface area contributed by atoms with Gasteiger partial charge in [0.1, 0.15) is 5.75 Å². The Hall–Kier alpha value is -1.77. The Bertz CT molecular complexity index is 485. The molecule has 0 spiro atoms. The van der Waals surface area contributed by atoms with Crippen molar-refractivity contribution in [3.8, 4) is 5.75 Å². The number of hydrogen-bond donors (Lipinski definition) is 0. The van der Waals surface area contributed by atoms with E-state index in [1.54, 1.807) is 7.11 Å². The molecule has 0 aliphatic carbocycles. The van der Waals surface area contributed by atoms with Crippen molar-refractivity contribution < 1.29 is 4.74 Å². The number of hydrogen-bond acceptors (Lipinski definition) is 2. The maximum Gasteiger partial charge on any atom is 0.118 e. The van der Waals surface area contributed by atoms with Gasteiger partial charge in [-0.2, -0.15) is 0 Å². The van der Waals surface area contributed by atoms with E-state index in [0.29, 0.717) is 0 Å². The van der Waals surface area contributed by atoms with E-state index in [2.05, 4.69) is 28.6 Å². The minimum Gasteiger partial charge on any atom is -0.497 e. The number of benzene rings is 1. The molecule has 0 aliphatic heterocycles. The van der Waals surface area contributed by atoms with Crippen LogP contribution in [-0.2, 0) is 13.0 Å². The number of aromatic nitrogens is 2. The van der Waals surface area contributed by atoms with Crippen molar-refractivity contribution in [1.29, 1.82) is 0 Å². The molecule has 0 atom stereocenters. The summed E-state index contributed by atoms with van der Waals surface area (Å²) in [5.74, 6) is 0.906. The molecule has 1 aromatic heterocycles. The zero-order valence-corrected chi connectivity index (χ0v) is 10.6. The lowest BCUT2D eigenvalue weighted by molar-refractivity contribution is 0.414. The second-order valence-corrected chi connectivity index (χ2v) is 4.21. The molecule has 0 amide bonds. The zero-order valence-electron chi connectivity index (χ0n) is 10.6. The lowest BCUT2D eigenvalue weighted by Gasteiger charge is -2.06. The van der Waals surface area contributed by atoms with Crippen molar-refractivity contribution in [2.45, 2.75) is 26.8 Å². The van der Waals surface area contributed by atoms with Crippen LogP contribution < -0.4 is 4.74 Å². The van der Waals surface area contributed by atoms with Crippen LogP contribution in [0, 0.1) is 13.8 Å². The molecule has 0 bridgehead atoms. The van der Waals surface area contributed by atoms with Gasteiger partial charge in [0.15, 0.2) is 0 Å². The van der Waals surface area contributed by atoms with Crippen LogP contribution in [0.15, 0.2) is 30.6 Å². The summed E-state index contributed by atoms with van der Waals surface area (Å²) in [5.41, 5.74) is 3.68. The van der Waals surface area contributed by atoms with Crippen LogP contribution in [0.25, 0.3) is 0 Å². The van der Waals surface area contributed by atoms with E-state index in [1.165, 1.54) is 11.3 Å². The van der Waals surface area contributed by atoms with Crippen molar-refractivity contribution >= 4 is 0 Å². The fraction of sp³-hybridized carbons (Fsp3) is 0.357. The van der Waals surface area contributed by atoms with Crippen molar-refractivity contribution in [2.75, 3.05) is 7.11 Å². The summed E-state index contributed by atoms with van der Waals surface area (Å²) in [6.45, 7) is 5.12. The maximum atomic E-state index is 5.14. The maximum absolute atomic E-state index is 5.14. The number of ether oxygens (including phenoxy) is 1. The average molecular weight is 230 g/mol. The molecule has 0 saturated carbocycles. The Kier molecular flexibility index (Phi) is 3.47. The van der Waals surface area contributed by atoms with Crippen LogP contribution in [0.2, 0.25) is 0 Å². The standard InChI is InChI=1S/C14H18N2O/c1-11-12(2)16(10-15-11)9-8-13-4-6-14(17-3)7-5-13/h4-7,10H,8-9H2,1-3H3. The van der Waals surface area contributed by atoms with E-state index in [4.69, 9.17) is 4.74 Å². The molecule has 2 aromatic rings. The van der Waals surface area contributed by atoms with Crippen LogP contribution in [-0.4, -0.2) is 16.7 Å². The summed E-state index contributed by atoms with van der Waals surface area (Å²) in [5, 5.41) is 0. The number of rotatable bonds is 4. The predicted octanol–water partition coefficient (Wildman–Crippen LogP) is 2.75. The largest absolute Gasteiger partial charge is 0.497 e. The number of imidazole rings is 1. The fourth-order valence-electron chi connectivity index (χ4n) is 1.81. The van der Waals surface area contributed by atoms with Gasteiger partial charge in [-0.15, -0.1) is 0 Å². The lowest BCUT2D eigenvalue weighted by atomic mass is 10.1. The van der Waals surface area contributed by atoms with Crippen molar-refractivity contribution in [1.82, 2.24) is 9.55 Å². The summed E-state index contributed by atoms with van der Waals surface area (Å²) in [4.78, 5) is 4.30. The Morgan fingerprint density at radius 2 is 1.88 bits per heavy atom. The van der Waals surface area contributed by atoms with Gasteiger partial charge in [0, 0.05) is 12.2 Å². The van der Waals surface area contributed by atoms with E-state index in [1.807, 2.05) is 25.4 Å². The van der Waals surface area contributed by atoms with Crippen molar-refractivity contribution in [3.05, 3.63) is 47.5 Å². The summed E-state index contributed by atoms with van der Waals surface area (Å²) in [7, 11) is 1.69. The van der Waals surface area contributed by atoms with E-state index in [-0.39, 0.29) is 0 Å². The smallest absolute Gasteiger partial charge is 0.118 e. The number of nitrogens with zero attached hydrogens (tertiary/aromatic N) is 2. The van der Waals surface area contributed by atoms with Crippen LogP contribution in [0.4, 0.5) is 0 Å². The monoisotopic (exact) mass is 230 g/mol. The molecule has 0 unspecified atom stereocenters. The zero-order chi connectivity index (χ0) is 12.3. The van der Waals surface area contributed by atoms with E-state index < -0.39 is 0 Å². The van der Waals surface area contributed by atoms with Gasteiger partial charge in [-0.25, -0.2) is 4.98 Å². The fourth-order valence-corrected chi connectivity index (χ4v) is 1.81. The molecule has 3 heteroatoms. The van der Waals surface area contributed by atoms with E-state index >= 15 is 0 Å². The third-order valence-electron chi connectivity index (χ3n) is 3.15. The minimum atomic E-state index is 0.906. The SMILES string of the molecule is COc1ccc(CCn2cnc(C)c2C)cc1. The topological polar surface area (TPSA) is 27.1 Å². The molecule has 90 valence electrons. The minimum absolute atomic E-state index is 0.906. The molecule has 0 saturated heterocycles. The van der Waals surface area contributed by atoms with Crippen LogP contribution in [0.5, 0.6) is 5.75 Å². The van der Waals surface area contributed by atoms with Crippen molar-refractivity contribution in [3.63, 3.8) is 0 Å². The molecule has 0 radical (unpaired) electrons. The van der Waals surface area contributed by atoms with Crippen LogP contribution in [0.1, 0.15) is 17.0 Å². The Balaban J connectivity index is 2.00. The molecule has 0 N–H and O–H groups in total. The Morgan fingerprint density at radius 1 is 1.18 bits per heavy atom. The first-order valence-corrected chi connectivity index (χ1v) is 5.82. The summed E-state index contributed by atoms with van der Waals surface area (Å²) >= 11 is 0. The van der Waals surface area contributed by atoms with Gasteiger partial charge < -0.3 is 9.30 Å². The Labute approximate surface area is 102 Å². The molecule has 0 fully saturated rings. The van der Waals surface area contributed by atoms with E-state index in [9.17, 15) is 0 Å². The summed E-state index contributed by atoms with van der Waals surface area (Å²) < 4.78 is 7.33. The van der Waals surface area contributed by atoms with Gasteiger partial charge in [0.2, 0.25) is 0 Å². The van der Waals surface area contributed by atoms with Crippen molar-refractivity contribution in [2.24, 2.45) is 0 Å². The molecular weight excluding hydrogens is 212 g/mol. The summed E-state index contributed by atoms with van der Waals surface area (Å²) in [6.07, 6.45) is 2.93. The average Bonchev–Trinajstić information content (AvgIpc) is 2.68. The van der Waals surface area contributed by atoms with Gasteiger partial charge in [0.25, 0.3) is 0 Å². The number of methoxy groups -OCH3 is 1. The highest BCUT2D eigenvalue weighted by Gasteiger charge is 2.02. The van der Waals surface area contributed by atoms with Gasteiger partial charge in [-0.3, -0.25) is 0 Å². The lowest BCUT2D eigenvalue weighted by Crippen LogP contribution is -2.02. The van der Waals surface area contributed by atoms with Gasteiger partial charge in [0.05, 0.1) is 19.1 Å². The molecule has 2 rings (SSSR count). The third kappa shape index (κ3) is 2.67. The predicted molar refractivity (Wildman–Crippen MR) is 68.4 cm³/mol. The van der Waals surface area contributed by atoms with Gasteiger partial charge in [-0.05, 0) is 38.0 Å². The first-order chi connectivity index (χ1) is 8.20. The van der Waals surface area contributed by atoms with Crippen LogP contribution >= 0.6 is 0 Å². The van der Waals surface area contributed by atoms with Crippen LogP contribution in [0.3, 0.4) is 0 Å². The Morgan fingerprint density at radius 3 is 2.41 bits per heavy atom. The quantitative estimate of drug-likeness (QED) is 0.807. The normalized spacial score (nSPS) is 10.5. The highest BCUT2D eigenvalue weighted by atomic mass is 16.5. The first-order valence-electron chi connectivity index (χ1n) is 5.82. The molecule has 1 aromatic carbocycles.